The van der Waals surface area contributed by atoms with Crippen LogP contribution in [0.1, 0.15) is 23.7 Å². The molecule has 0 aromatic heterocycles. The van der Waals surface area contributed by atoms with E-state index in [0.29, 0.717) is 38.2 Å². The van der Waals surface area contributed by atoms with Gasteiger partial charge in [0.15, 0.2) is 0 Å². The molecule has 7 heteroatoms. The summed E-state index contributed by atoms with van der Waals surface area (Å²) in [5.41, 5.74) is 1.41. The predicted molar refractivity (Wildman–Crippen MR) is 85.6 cm³/mol. The molecule has 1 saturated heterocycles. The van der Waals surface area contributed by atoms with Gasteiger partial charge in [0.2, 0.25) is 10.0 Å². The van der Waals surface area contributed by atoms with Crippen molar-refractivity contribution in [3.05, 3.63) is 29.8 Å². The van der Waals surface area contributed by atoms with Crippen molar-refractivity contribution in [2.24, 2.45) is 0 Å². The van der Waals surface area contributed by atoms with E-state index in [9.17, 15) is 13.2 Å². The van der Waals surface area contributed by atoms with Gasteiger partial charge in [-0.15, -0.1) is 0 Å². The molecule has 0 saturated carbocycles. The topological polar surface area (TPSA) is 66.9 Å². The second-order valence-electron chi connectivity index (χ2n) is 5.24. The van der Waals surface area contributed by atoms with Gasteiger partial charge in [0.25, 0.3) is 0 Å². The van der Waals surface area contributed by atoms with E-state index in [1.807, 2.05) is 19.1 Å². The van der Waals surface area contributed by atoms with Gasteiger partial charge in [0.1, 0.15) is 0 Å². The number of esters is 1. The molecule has 0 N–H and O–H groups in total. The third kappa shape index (κ3) is 3.78. The maximum Gasteiger partial charge on any atom is 0.337 e. The molecule has 0 spiro atoms. The molecular formula is C15H22N2O4S. The number of ether oxygens (including phenoxy) is 1. The molecule has 6 nitrogen and oxygen atoms in total. The highest BCUT2D eigenvalue weighted by molar-refractivity contribution is 7.89. The summed E-state index contributed by atoms with van der Waals surface area (Å²) in [7, 11) is -1.78. The van der Waals surface area contributed by atoms with E-state index < -0.39 is 10.0 Å². The van der Waals surface area contributed by atoms with Crippen molar-refractivity contribution in [3.8, 4) is 0 Å². The minimum absolute atomic E-state index is 0.199. The molecule has 2 rings (SSSR count). The molecule has 1 aromatic carbocycles. The lowest BCUT2D eigenvalue weighted by Crippen LogP contribution is -2.49. The Bertz CT molecular complexity index is 622. The Kier molecular flexibility index (Phi) is 5.42. The number of rotatable bonds is 5. The van der Waals surface area contributed by atoms with Crippen molar-refractivity contribution < 1.29 is 17.9 Å². The number of anilines is 1. The van der Waals surface area contributed by atoms with E-state index >= 15 is 0 Å². The molecule has 1 fully saturated rings. The van der Waals surface area contributed by atoms with E-state index in [2.05, 4.69) is 4.90 Å². The zero-order chi connectivity index (χ0) is 16.2. The van der Waals surface area contributed by atoms with Crippen LogP contribution in [0.15, 0.2) is 24.3 Å². The summed E-state index contributed by atoms with van der Waals surface area (Å²) in [5, 5.41) is 0. The number of methoxy groups -OCH3 is 1. The number of nitrogens with zero attached hydrogens (tertiary/aromatic N) is 2. The van der Waals surface area contributed by atoms with Gasteiger partial charge in [-0.3, -0.25) is 0 Å². The van der Waals surface area contributed by atoms with Crippen LogP contribution in [0.2, 0.25) is 0 Å². The van der Waals surface area contributed by atoms with Crippen LogP contribution in [0.5, 0.6) is 0 Å². The summed E-state index contributed by atoms with van der Waals surface area (Å²) < 4.78 is 30.4. The first-order chi connectivity index (χ1) is 10.5. The molecule has 1 heterocycles. The highest BCUT2D eigenvalue weighted by Crippen LogP contribution is 2.20. The lowest BCUT2D eigenvalue weighted by molar-refractivity contribution is 0.0600. The minimum Gasteiger partial charge on any atom is -0.465 e. The van der Waals surface area contributed by atoms with Crippen molar-refractivity contribution in [2.45, 2.75) is 13.3 Å². The third-order valence-corrected chi connectivity index (χ3v) is 5.80. The van der Waals surface area contributed by atoms with Crippen LogP contribution in [0.25, 0.3) is 0 Å². The molecule has 0 radical (unpaired) electrons. The summed E-state index contributed by atoms with van der Waals surface area (Å²) in [6.45, 7) is 4.06. The van der Waals surface area contributed by atoms with Crippen molar-refractivity contribution in [3.63, 3.8) is 0 Å². The third-order valence-electron chi connectivity index (χ3n) is 3.73. The first kappa shape index (κ1) is 16.8. The highest BCUT2D eigenvalue weighted by Gasteiger charge is 2.26. The summed E-state index contributed by atoms with van der Waals surface area (Å²) in [6, 6.07) is 7.21. The molecule has 0 bridgehead atoms. The van der Waals surface area contributed by atoms with Crippen LogP contribution in [0.3, 0.4) is 0 Å². The van der Waals surface area contributed by atoms with Crippen molar-refractivity contribution in [2.75, 3.05) is 43.9 Å². The normalized spacial score (nSPS) is 16.5. The fraction of sp³-hybridized carbons (Fsp3) is 0.533. The maximum absolute atomic E-state index is 12.1. The Morgan fingerprint density at radius 1 is 1.23 bits per heavy atom. The monoisotopic (exact) mass is 326 g/mol. The van der Waals surface area contributed by atoms with Crippen LogP contribution >= 0.6 is 0 Å². The van der Waals surface area contributed by atoms with Gasteiger partial charge in [-0.05, 0) is 24.6 Å². The molecule has 122 valence electrons. The van der Waals surface area contributed by atoms with Gasteiger partial charge >= 0.3 is 5.97 Å². The van der Waals surface area contributed by atoms with Crippen LogP contribution in [-0.4, -0.2) is 57.7 Å². The molecule has 22 heavy (non-hydrogen) atoms. The number of benzene rings is 1. The Labute approximate surface area is 131 Å². The molecule has 1 aromatic rings. The maximum atomic E-state index is 12.1. The van der Waals surface area contributed by atoms with E-state index in [-0.39, 0.29) is 11.7 Å². The minimum atomic E-state index is -3.13. The first-order valence-corrected chi connectivity index (χ1v) is 9.00. The van der Waals surface area contributed by atoms with E-state index in [0.717, 1.165) is 5.69 Å². The average molecular weight is 326 g/mol. The fourth-order valence-corrected chi connectivity index (χ4v) is 4.05. The quantitative estimate of drug-likeness (QED) is 0.764. The van der Waals surface area contributed by atoms with Gasteiger partial charge in [-0.2, -0.15) is 4.31 Å². The molecule has 1 aliphatic heterocycles. The van der Waals surface area contributed by atoms with Crippen molar-refractivity contribution >= 4 is 21.7 Å². The van der Waals surface area contributed by atoms with Crippen molar-refractivity contribution in [1.29, 1.82) is 0 Å². The lowest BCUT2D eigenvalue weighted by atomic mass is 10.2. The highest BCUT2D eigenvalue weighted by atomic mass is 32.2. The Morgan fingerprint density at radius 2 is 1.91 bits per heavy atom. The lowest BCUT2D eigenvalue weighted by Gasteiger charge is -2.35. The van der Waals surface area contributed by atoms with Crippen LogP contribution in [-0.2, 0) is 14.8 Å². The molecule has 0 unspecified atom stereocenters. The van der Waals surface area contributed by atoms with Gasteiger partial charge < -0.3 is 9.64 Å². The van der Waals surface area contributed by atoms with Gasteiger partial charge in [0, 0.05) is 31.9 Å². The van der Waals surface area contributed by atoms with E-state index in [4.69, 9.17) is 4.74 Å². The Morgan fingerprint density at radius 3 is 2.50 bits per heavy atom. The first-order valence-electron chi connectivity index (χ1n) is 7.39. The zero-order valence-electron chi connectivity index (χ0n) is 13.0. The van der Waals surface area contributed by atoms with Crippen LogP contribution in [0.4, 0.5) is 5.69 Å². The number of carbonyl (C=O) groups is 1. The van der Waals surface area contributed by atoms with E-state index in [1.165, 1.54) is 7.11 Å². The largest absolute Gasteiger partial charge is 0.465 e. The molecule has 0 atom stereocenters. The number of hydrogen-bond acceptors (Lipinski definition) is 5. The SMILES string of the molecule is CCCS(=O)(=O)N1CCN(c2cccc(C(=O)OC)c2)CC1. The smallest absolute Gasteiger partial charge is 0.337 e. The summed E-state index contributed by atoms with van der Waals surface area (Å²) in [5.74, 6) is -0.170. The van der Waals surface area contributed by atoms with Crippen LogP contribution in [0, 0.1) is 0 Å². The van der Waals surface area contributed by atoms with Crippen LogP contribution < -0.4 is 4.90 Å². The zero-order valence-corrected chi connectivity index (χ0v) is 13.8. The summed E-state index contributed by atoms with van der Waals surface area (Å²) in [6.07, 6.45) is 0.629. The molecular weight excluding hydrogens is 304 g/mol. The van der Waals surface area contributed by atoms with Crippen molar-refractivity contribution in [1.82, 2.24) is 4.31 Å². The van der Waals surface area contributed by atoms with Gasteiger partial charge in [-0.1, -0.05) is 13.0 Å². The summed E-state index contributed by atoms with van der Waals surface area (Å²) in [4.78, 5) is 13.7. The van der Waals surface area contributed by atoms with E-state index in [1.54, 1.807) is 16.4 Å². The molecule has 1 aliphatic rings. The Balaban J connectivity index is 2.04. The molecule has 0 aliphatic carbocycles. The number of sulfonamides is 1. The molecule has 0 amide bonds. The second kappa shape index (κ2) is 7.11. The predicted octanol–water partition coefficient (Wildman–Crippen LogP) is 1.34. The number of piperazine rings is 1. The Hall–Kier alpha value is -1.60. The summed E-state index contributed by atoms with van der Waals surface area (Å²) >= 11 is 0. The number of carbonyl (C=O) groups excluding carboxylic acids is 1. The van der Waals surface area contributed by atoms with Gasteiger partial charge in [0.05, 0.1) is 18.4 Å². The second-order valence-corrected chi connectivity index (χ2v) is 7.33. The van der Waals surface area contributed by atoms with Gasteiger partial charge in [-0.25, -0.2) is 13.2 Å². The standard InChI is InChI=1S/C15H22N2O4S/c1-3-11-22(19,20)17-9-7-16(8-10-17)14-6-4-5-13(12-14)15(18)21-2/h4-6,12H,3,7-11H2,1-2H3. The average Bonchev–Trinajstić information content (AvgIpc) is 2.54. The number of hydrogen-bond donors (Lipinski definition) is 0. The fourth-order valence-electron chi connectivity index (χ4n) is 2.56.